The molecule has 3 rings (SSSR count). The van der Waals surface area contributed by atoms with E-state index < -0.39 is 6.10 Å². The van der Waals surface area contributed by atoms with Gasteiger partial charge in [0.25, 0.3) is 5.91 Å². The van der Waals surface area contributed by atoms with Crippen LogP contribution in [0.5, 0.6) is 5.75 Å². The topological polar surface area (TPSA) is 38.3 Å². The smallest absolute Gasteiger partial charge is 0.261 e. The van der Waals surface area contributed by atoms with Crippen molar-refractivity contribution >= 4 is 16.7 Å². The van der Waals surface area contributed by atoms with Gasteiger partial charge in [0.1, 0.15) is 5.75 Å². The Morgan fingerprint density at radius 2 is 1.62 bits per heavy atom. The van der Waals surface area contributed by atoms with Crippen LogP contribution in [-0.4, -0.2) is 12.0 Å². The largest absolute Gasteiger partial charge is 0.481 e. The van der Waals surface area contributed by atoms with Crippen molar-refractivity contribution in [1.82, 2.24) is 5.32 Å². The molecule has 3 aromatic carbocycles. The van der Waals surface area contributed by atoms with E-state index in [9.17, 15) is 4.79 Å². The van der Waals surface area contributed by atoms with E-state index >= 15 is 0 Å². The van der Waals surface area contributed by atoms with Gasteiger partial charge in [-0.05, 0) is 52.9 Å². The fourth-order valence-corrected chi connectivity index (χ4v) is 2.94. The van der Waals surface area contributed by atoms with E-state index in [1.54, 1.807) is 0 Å². The SMILES string of the molecule is CCc1ccc(O[C@H](CC)C(=O)NCc2ccc3ccccc3c2)cc1. The van der Waals surface area contributed by atoms with Crippen molar-refractivity contribution in [2.45, 2.75) is 39.3 Å². The Kier molecular flexibility index (Phi) is 5.90. The first-order chi connectivity index (χ1) is 12.7. The van der Waals surface area contributed by atoms with Gasteiger partial charge >= 0.3 is 0 Å². The summed E-state index contributed by atoms with van der Waals surface area (Å²) in [6, 6.07) is 22.4. The van der Waals surface area contributed by atoms with Crippen molar-refractivity contribution in [3.63, 3.8) is 0 Å². The van der Waals surface area contributed by atoms with Crippen LogP contribution in [0.2, 0.25) is 0 Å². The van der Waals surface area contributed by atoms with Gasteiger partial charge in [0, 0.05) is 6.54 Å². The van der Waals surface area contributed by atoms with Crippen LogP contribution < -0.4 is 10.1 Å². The Morgan fingerprint density at radius 1 is 0.923 bits per heavy atom. The Morgan fingerprint density at radius 3 is 2.31 bits per heavy atom. The average molecular weight is 347 g/mol. The van der Waals surface area contributed by atoms with Gasteiger partial charge in [-0.2, -0.15) is 0 Å². The summed E-state index contributed by atoms with van der Waals surface area (Å²) in [5.74, 6) is 0.648. The van der Waals surface area contributed by atoms with Gasteiger partial charge in [0.2, 0.25) is 0 Å². The normalized spacial score (nSPS) is 11.9. The van der Waals surface area contributed by atoms with E-state index in [1.165, 1.54) is 16.3 Å². The molecule has 0 aliphatic rings. The summed E-state index contributed by atoms with van der Waals surface area (Å²) >= 11 is 0. The van der Waals surface area contributed by atoms with E-state index in [0.717, 1.165) is 17.7 Å². The summed E-state index contributed by atoms with van der Waals surface area (Å²) < 4.78 is 5.87. The summed E-state index contributed by atoms with van der Waals surface area (Å²) in [6.45, 7) is 4.57. The lowest BCUT2D eigenvalue weighted by atomic mass is 10.1. The summed E-state index contributed by atoms with van der Waals surface area (Å²) in [5, 5.41) is 5.37. The van der Waals surface area contributed by atoms with Crippen molar-refractivity contribution in [2.24, 2.45) is 0 Å². The van der Waals surface area contributed by atoms with Gasteiger partial charge < -0.3 is 10.1 Å². The van der Waals surface area contributed by atoms with E-state index in [2.05, 4.69) is 36.5 Å². The van der Waals surface area contributed by atoms with Crippen molar-refractivity contribution in [3.8, 4) is 5.75 Å². The Hall–Kier alpha value is -2.81. The number of aryl methyl sites for hydroxylation is 1. The minimum absolute atomic E-state index is 0.0831. The molecule has 3 aromatic rings. The molecule has 0 fully saturated rings. The first-order valence-electron chi connectivity index (χ1n) is 9.20. The number of rotatable bonds is 7. The molecule has 1 amide bonds. The van der Waals surface area contributed by atoms with E-state index in [-0.39, 0.29) is 5.91 Å². The molecule has 0 spiro atoms. The predicted molar refractivity (Wildman–Crippen MR) is 106 cm³/mol. The molecule has 0 saturated carbocycles. The fraction of sp³-hybridized carbons (Fsp3) is 0.261. The minimum atomic E-state index is -0.483. The lowest BCUT2D eigenvalue weighted by molar-refractivity contribution is -0.128. The molecule has 0 bridgehead atoms. The van der Waals surface area contributed by atoms with Gasteiger partial charge in [-0.1, -0.05) is 62.4 Å². The van der Waals surface area contributed by atoms with E-state index in [0.29, 0.717) is 13.0 Å². The number of hydrogen-bond acceptors (Lipinski definition) is 2. The van der Waals surface area contributed by atoms with Crippen molar-refractivity contribution in [2.75, 3.05) is 0 Å². The number of fused-ring (bicyclic) bond motifs is 1. The fourth-order valence-electron chi connectivity index (χ4n) is 2.94. The Bertz CT molecular complexity index is 871. The number of ether oxygens (including phenoxy) is 1. The van der Waals surface area contributed by atoms with Crippen LogP contribution in [0.25, 0.3) is 10.8 Å². The van der Waals surface area contributed by atoms with Crippen LogP contribution in [0.3, 0.4) is 0 Å². The zero-order valence-electron chi connectivity index (χ0n) is 15.4. The van der Waals surface area contributed by atoms with Gasteiger partial charge in [0.05, 0.1) is 0 Å². The number of amides is 1. The monoisotopic (exact) mass is 347 g/mol. The third kappa shape index (κ3) is 4.42. The van der Waals surface area contributed by atoms with Gasteiger partial charge in [-0.25, -0.2) is 0 Å². The maximum Gasteiger partial charge on any atom is 0.261 e. The van der Waals surface area contributed by atoms with Crippen molar-refractivity contribution in [3.05, 3.63) is 77.9 Å². The van der Waals surface area contributed by atoms with Crippen LogP contribution >= 0.6 is 0 Å². The second-order valence-electron chi connectivity index (χ2n) is 6.41. The maximum atomic E-state index is 12.5. The number of carbonyl (C=O) groups excluding carboxylic acids is 1. The number of carbonyl (C=O) groups is 1. The second-order valence-corrected chi connectivity index (χ2v) is 6.41. The van der Waals surface area contributed by atoms with Crippen molar-refractivity contribution < 1.29 is 9.53 Å². The highest BCUT2D eigenvalue weighted by Gasteiger charge is 2.18. The minimum Gasteiger partial charge on any atom is -0.481 e. The molecule has 0 aliphatic heterocycles. The predicted octanol–water partition coefficient (Wildman–Crippen LogP) is 4.88. The summed E-state index contributed by atoms with van der Waals surface area (Å²) in [7, 11) is 0. The Balaban J connectivity index is 1.60. The maximum absolute atomic E-state index is 12.5. The zero-order chi connectivity index (χ0) is 18.4. The third-order valence-corrected chi connectivity index (χ3v) is 4.55. The highest BCUT2D eigenvalue weighted by Crippen LogP contribution is 2.17. The molecule has 1 N–H and O–H groups in total. The standard InChI is InChI=1S/C23H25NO2/c1-3-17-10-13-21(14-11-17)26-22(4-2)23(25)24-16-18-9-12-19-7-5-6-8-20(19)15-18/h5-15,22H,3-4,16H2,1-2H3,(H,24,25)/t22-/m1/s1. The van der Waals surface area contributed by atoms with Gasteiger partial charge in [-0.3, -0.25) is 4.79 Å². The number of benzene rings is 3. The van der Waals surface area contributed by atoms with Crippen LogP contribution in [0.1, 0.15) is 31.4 Å². The van der Waals surface area contributed by atoms with Crippen LogP contribution in [0.15, 0.2) is 66.7 Å². The Labute approximate surface area is 155 Å². The zero-order valence-corrected chi connectivity index (χ0v) is 15.4. The molecule has 0 unspecified atom stereocenters. The molecule has 26 heavy (non-hydrogen) atoms. The van der Waals surface area contributed by atoms with Gasteiger partial charge in [0.15, 0.2) is 6.10 Å². The molecule has 0 aliphatic carbocycles. The van der Waals surface area contributed by atoms with Crippen LogP contribution in [-0.2, 0) is 17.8 Å². The lowest BCUT2D eigenvalue weighted by Gasteiger charge is -2.17. The molecule has 0 radical (unpaired) electrons. The molecular formula is C23H25NO2. The molecule has 3 heteroatoms. The molecule has 0 saturated heterocycles. The summed E-state index contributed by atoms with van der Waals surface area (Å²) in [6.07, 6.45) is 1.13. The average Bonchev–Trinajstić information content (AvgIpc) is 2.70. The lowest BCUT2D eigenvalue weighted by Crippen LogP contribution is -2.37. The molecule has 1 atom stereocenters. The molecule has 3 nitrogen and oxygen atoms in total. The summed E-state index contributed by atoms with van der Waals surface area (Å²) in [4.78, 5) is 12.5. The molecule has 0 heterocycles. The van der Waals surface area contributed by atoms with Crippen molar-refractivity contribution in [1.29, 1.82) is 0 Å². The first-order valence-corrected chi connectivity index (χ1v) is 9.20. The number of nitrogens with one attached hydrogen (secondary N) is 1. The highest BCUT2D eigenvalue weighted by atomic mass is 16.5. The van der Waals surface area contributed by atoms with Crippen LogP contribution in [0.4, 0.5) is 0 Å². The van der Waals surface area contributed by atoms with Gasteiger partial charge in [-0.15, -0.1) is 0 Å². The first kappa shape index (κ1) is 18.0. The second kappa shape index (κ2) is 8.52. The molecule has 134 valence electrons. The van der Waals surface area contributed by atoms with Crippen LogP contribution in [0, 0.1) is 0 Å². The summed E-state index contributed by atoms with van der Waals surface area (Å²) in [5.41, 5.74) is 2.34. The molecular weight excluding hydrogens is 322 g/mol. The quantitative estimate of drug-likeness (QED) is 0.662. The third-order valence-electron chi connectivity index (χ3n) is 4.55. The number of hydrogen-bond donors (Lipinski definition) is 1. The molecule has 0 aromatic heterocycles. The van der Waals surface area contributed by atoms with E-state index in [4.69, 9.17) is 4.74 Å². The highest BCUT2D eigenvalue weighted by molar-refractivity contribution is 5.83. The van der Waals surface area contributed by atoms with E-state index in [1.807, 2.05) is 49.4 Å².